The molecule has 2 aliphatic rings. The molecule has 3 atom stereocenters. The molecule has 1 unspecified atom stereocenters. The molecule has 1 amide bonds. The molecule has 3 heterocycles. The molecular weight excluding hydrogens is 326 g/mol. The number of aryl methyl sites for hydroxylation is 2. The van der Waals surface area contributed by atoms with Crippen LogP contribution in [0.2, 0.25) is 0 Å². The topological polar surface area (TPSA) is 49.6 Å². The minimum Gasteiger partial charge on any atom is -0.466 e. The summed E-state index contributed by atoms with van der Waals surface area (Å²) in [5, 5.41) is 0. The number of hydrogen-bond donors (Lipinski definition) is 0. The van der Waals surface area contributed by atoms with Gasteiger partial charge >= 0.3 is 0 Å². The fourth-order valence-electron chi connectivity index (χ4n) is 4.40. The minimum atomic E-state index is 0.133. The molecule has 1 aliphatic carbocycles. The van der Waals surface area contributed by atoms with Gasteiger partial charge in [0.05, 0.1) is 5.56 Å². The number of pyridine rings is 1. The van der Waals surface area contributed by atoms with Crippen molar-refractivity contribution in [2.75, 3.05) is 33.2 Å². The van der Waals surface area contributed by atoms with E-state index >= 15 is 0 Å². The van der Waals surface area contributed by atoms with Gasteiger partial charge in [0.15, 0.2) is 0 Å². The lowest BCUT2D eigenvalue weighted by molar-refractivity contribution is 0.0763. The van der Waals surface area contributed by atoms with Crippen molar-refractivity contribution in [2.24, 2.45) is 17.8 Å². The summed E-state index contributed by atoms with van der Waals surface area (Å²) in [7, 11) is 2.19. The van der Waals surface area contributed by atoms with E-state index in [1.54, 1.807) is 0 Å². The zero-order valence-corrected chi connectivity index (χ0v) is 15.8. The zero-order chi connectivity index (χ0) is 18.3. The fourth-order valence-corrected chi connectivity index (χ4v) is 4.40. The van der Waals surface area contributed by atoms with E-state index in [4.69, 9.17) is 4.42 Å². The lowest BCUT2D eigenvalue weighted by Crippen LogP contribution is -2.34. The average Bonchev–Trinajstić information content (AvgIpc) is 2.98. The Kier molecular flexibility index (Phi) is 4.57. The molecule has 1 saturated carbocycles. The monoisotopic (exact) mass is 353 g/mol. The number of carbonyl (C=O) groups excluding carboxylic acids is 1. The second-order valence-electron chi connectivity index (χ2n) is 7.86. The predicted molar refractivity (Wildman–Crippen MR) is 100.0 cm³/mol. The van der Waals surface area contributed by atoms with Crippen molar-refractivity contribution in [3.05, 3.63) is 53.2 Å². The van der Waals surface area contributed by atoms with Gasteiger partial charge in [0.25, 0.3) is 5.91 Å². The van der Waals surface area contributed by atoms with Crippen molar-refractivity contribution in [1.29, 1.82) is 0 Å². The van der Waals surface area contributed by atoms with Crippen LogP contribution in [0, 0.1) is 31.6 Å². The molecule has 0 spiro atoms. The van der Waals surface area contributed by atoms with Gasteiger partial charge in [-0.25, -0.2) is 0 Å². The lowest BCUT2D eigenvalue weighted by Gasteiger charge is -2.22. The number of carbonyl (C=O) groups is 1. The zero-order valence-electron chi connectivity index (χ0n) is 15.8. The van der Waals surface area contributed by atoms with Crippen molar-refractivity contribution in [2.45, 2.75) is 20.3 Å². The second-order valence-corrected chi connectivity index (χ2v) is 7.86. The van der Waals surface area contributed by atoms with Gasteiger partial charge in [0, 0.05) is 44.5 Å². The molecule has 0 bridgehead atoms. The number of likely N-dealkylation sites (tertiary alicyclic amines) is 1. The highest BCUT2D eigenvalue weighted by atomic mass is 16.3. The van der Waals surface area contributed by atoms with E-state index in [9.17, 15) is 4.79 Å². The van der Waals surface area contributed by atoms with Crippen LogP contribution < -0.4 is 0 Å². The molecule has 1 aliphatic heterocycles. The number of fused-ring (bicyclic) bond motifs is 1. The summed E-state index contributed by atoms with van der Waals surface area (Å²) >= 11 is 0. The Balaban J connectivity index is 1.24. The summed E-state index contributed by atoms with van der Waals surface area (Å²) in [6.45, 7) is 7.70. The van der Waals surface area contributed by atoms with Crippen molar-refractivity contribution < 1.29 is 9.21 Å². The number of furan rings is 1. The van der Waals surface area contributed by atoms with E-state index in [2.05, 4.69) is 23.0 Å². The van der Waals surface area contributed by atoms with E-state index in [1.165, 1.54) is 0 Å². The van der Waals surface area contributed by atoms with Crippen LogP contribution in [0.4, 0.5) is 0 Å². The Hall–Kier alpha value is -2.14. The number of hydrogen-bond acceptors (Lipinski definition) is 4. The standard InChI is InChI=1S/C21H27N3O2/c1-14-10-17(15(2)26-14)21(25)24-12-19-18(20(19)13-24)11-23(3)9-7-16-6-4-5-8-22-16/h4-6,8,10,18-20H,7,9,11-13H2,1-3H3/t18?,19-,20+. The molecule has 5 nitrogen and oxygen atoms in total. The number of piperidine rings is 1. The first-order valence-electron chi connectivity index (χ1n) is 9.47. The molecule has 2 fully saturated rings. The van der Waals surface area contributed by atoms with Gasteiger partial charge in [0.2, 0.25) is 0 Å². The van der Waals surface area contributed by atoms with E-state index in [1.807, 2.05) is 43.1 Å². The second kappa shape index (κ2) is 6.88. The van der Waals surface area contributed by atoms with Gasteiger partial charge < -0.3 is 14.2 Å². The SMILES string of the molecule is Cc1cc(C(=O)N2C[C@@H]3C(CN(C)CCc4ccccn4)[C@@H]3C2)c(C)o1. The highest BCUT2D eigenvalue weighted by Gasteiger charge is 2.56. The first kappa shape index (κ1) is 17.3. The third-order valence-corrected chi connectivity index (χ3v) is 5.93. The molecule has 0 N–H and O–H groups in total. The van der Waals surface area contributed by atoms with Crippen LogP contribution >= 0.6 is 0 Å². The van der Waals surface area contributed by atoms with Gasteiger partial charge in [0.1, 0.15) is 11.5 Å². The molecule has 0 radical (unpaired) electrons. The molecule has 2 aromatic rings. The van der Waals surface area contributed by atoms with Crippen LogP contribution in [-0.4, -0.2) is 53.9 Å². The Morgan fingerprint density at radius 1 is 1.31 bits per heavy atom. The molecule has 5 heteroatoms. The summed E-state index contributed by atoms with van der Waals surface area (Å²) in [5.41, 5.74) is 1.88. The van der Waals surface area contributed by atoms with Crippen molar-refractivity contribution >= 4 is 5.91 Å². The third kappa shape index (κ3) is 3.40. The summed E-state index contributed by atoms with van der Waals surface area (Å²) < 4.78 is 5.51. The first-order chi connectivity index (χ1) is 12.5. The van der Waals surface area contributed by atoms with Crippen LogP contribution in [0.15, 0.2) is 34.9 Å². The molecule has 138 valence electrons. The van der Waals surface area contributed by atoms with Crippen LogP contribution in [0.3, 0.4) is 0 Å². The molecule has 2 aromatic heterocycles. The minimum absolute atomic E-state index is 0.133. The Labute approximate surface area is 155 Å². The van der Waals surface area contributed by atoms with Gasteiger partial charge in [-0.1, -0.05) is 6.07 Å². The Morgan fingerprint density at radius 2 is 2.08 bits per heavy atom. The van der Waals surface area contributed by atoms with Crippen molar-refractivity contribution in [3.8, 4) is 0 Å². The van der Waals surface area contributed by atoms with Crippen molar-refractivity contribution in [3.63, 3.8) is 0 Å². The Morgan fingerprint density at radius 3 is 2.69 bits per heavy atom. The highest BCUT2D eigenvalue weighted by molar-refractivity contribution is 5.95. The smallest absolute Gasteiger partial charge is 0.257 e. The summed E-state index contributed by atoms with van der Waals surface area (Å²) in [5.74, 6) is 3.75. The maximum absolute atomic E-state index is 12.7. The number of aromatic nitrogens is 1. The quantitative estimate of drug-likeness (QED) is 0.801. The van der Waals surface area contributed by atoms with Crippen LogP contribution in [-0.2, 0) is 6.42 Å². The van der Waals surface area contributed by atoms with E-state index in [0.717, 1.165) is 61.3 Å². The third-order valence-electron chi connectivity index (χ3n) is 5.93. The van der Waals surface area contributed by atoms with Crippen LogP contribution in [0.1, 0.15) is 27.6 Å². The lowest BCUT2D eigenvalue weighted by atomic mass is 10.2. The largest absolute Gasteiger partial charge is 0.466 e. The molecule has 26 heavy (non-hydrogen) atoms. The van der Waals surface area contributed by atoms with Crippen LogP contribution in [0.25, 0.3) is 0 Å². The number of rotatable bonds is 6. The normalized spacial score (nSPS) is 24.2. The maximum atomic E-state index is 12.7. The summed E-state index contributed by atoms with van der Waals surface area (Å²) in [6.07, 6.45) is 2.85. The van der Waals surface area contributed by atoms with E-state index in [0.29, 0.717) is 11.8 Å². The molecular formula is C21H27N3O2. The van der Waals surface area contributed by atoms with Crippen molar-refractivity contribution in [1.82, 2.24) is 14.8 Å². The van der Waals surface area contributed by atoms with E-state index < -0.39 is 0 Å². The van der Waals surface area contributed by atoms with Gasteiger partial charge in [-0.2, -0.15) is 0 Å². The number of likely N-dealkylation sites (N-methyl/N-ethyl adjacent to an activating group) is 1. The first-order valence-corrected chi connectivity index (χ1v) is 9.47. The fraction of sp³-hybridized carbons (Fsp3) is 0.524. The number of amides is 1. The van der Waals surface area contributed by atoms with Crippen LogP contribution in [0.5, 0.6) is 0 Å². The van der Waals surface area contributed by atoms with Gasteiger partial charge in [-0.05, 0) is 56.8 Å². The molecule has 4 rings (SSSR count). The van der Waals surface area contributed by atoms with Gasteiger partial charge in [-0.3, -0.25) is 9.78 Å². The summed E-state index contributed by atoms with van der Waals surface area (Å²) in [4.78, 5) is 21.5. The summed E-state index contributed by atoms with van der Waals surface area (Å²) in [6, 6.07) is 7.95. The molecule has 1 saturated heterocycles. The maximum Gasteiger partial charge on any atom is 0.257 e. The molecule has 0 aromatic carbocycles. The number of nitrogens with zero attached hydrogens (tertiary/aromatic N) is 3. The Bertz CT molecular complexity index is 774. The average molecular weight is 353 g/mol. The predicted octanol–water partition coefficient (Wildman–Crippen LogP) is 2.78. The van der Waals surface area contributed by atoms with Gasteiger partial charge in [-0.15, -0.1) is 0 Å². The highest BCUT2D eigenvalue weighted by Crippen LogP contribution is 2.52. The van der Waals surface area contributed by atoms with E-state index in [-0.39, 0.29) is 5.91 Å².